The van der Waals surface area contributed by atoms with Crippen LogP contribution in [0.1, 0.15) is 6.42 Å². The van der Waals surface area contributed by atoms with E-state index >= 15 is 0 Å². The molecule has 1 aliphatic heterocycles. The summed E-state index contributed by atoms with van der Waals surface area (Å²) in [6.45, 7) is 0. The number of hydrogen-bond acceptors (Lipinski definition) is 7. The third-order valence-electron chi connectivity index (χ3n) is 5.35. The molecule has 0 aromatic heterocycles. The van der Waals surface area contributed by atoms with Crippen molar-refractivity contribution in [2.45, 2.75) is 16.2 Å². The summed E-state index contributed by atoms with van der Waals surface area (Å²) < 4.78 is 47.1. The second kappa shape index (κ2) is 6.00. The lowest BCUT2D eigenvalue weighted by molar-refractivity contribution is -0.139. The summed E-state index contributed by atoms with van der Waals surface area (Å²) in [5.41, 5.74) is 2.16. The topological polar surface area (TPSA) is 170 Å². The number of fused-ring (bicyclic) bond motifs is 5. The highest BCUT2D eigenvalue weighted by Gasteiger charge is 2.59. The maximum absolute atomic E-state index is 12.7. The summed E-state index contributed by atoms with van der Waals surface area (Å²) >= 11 is 5.91. The van der Waals surface area contributed by atoms with Crippen LogP contribution in [-0.4, -0.2) is 33.7 Å². The lowest BCUT2D eigenvalue weighted by Crippen LogP contribution is -2.38. The van der Waals surface area contributed by atoms with Gasteiger partial charge in [-0.15, -0.1) is 0 Å². The minimum atomic E-state index is -4.44. The van der Waals surface area contributed by atoms with E-state index in [1.165, 1.54) is 0 Å². The third-order valence-corrected chi connectivity index (χ3v) is 7.68. The molecule has 0 radical (unpaired) electrons. The molecule has 4 atom stereocenters. The maximum Gasteiger partial charge on any atom is 0.252 e. The number of nitrogens with one attached hydrogen (secondary N) is 1. The predicted octanol–water partition coefficient (Wildman–Crippen LogP) is -0.231. The first-order valence-corrected chi connectivity index (χ1v) is 11.6. The highest BCUT2D eigenvalue weighted by molar-refractivity contribution is 7.90. The van der Waals surface area contributed by atoms with Crippen molar-refractivity contribution in [3.8, 4) is 0 Å². The quantitative estimate of drug-likeness (QED) is 0.423. The Morgan fingerprint density at radius 1 is 0.929 bits per heavy atom. The first kappa shape index (κ1) is 19.3. The van der Waals surface area contributed by atoms with Crippen LogP contribution in [0.3, 0.4) is 0 Å². The summed E-state index contributed by atoms with van der Waals surface area (Å²) in [4.78, 5) is 24.2. The number of sulfonamides is 2. The van der Waals surface area contributed by atoms with Crippen molar-refractivity contribution in [3.05, 3.63) is 29.3 Å². The molecule has 3 aliphatic rings. The average molecular weight is 447 g/mol. The van der Waals surface area contributed by atoms with Gasteiger partial charge in [0, 0.05) is 0 Å². The van der Waals surface area contributed by atoms with Crippen LogP contribution in [-0.2, 0) is 29.6 Å². The molecule has 13 heteroatoms. The number of halogens is 1. The number of rotatable bonds is 4. The van der Waals surface area contributed by atoms with E-state index in [1.807, 2.05) is 12.2 Å². The number of hydrazine groups is 1. The van der Waals surface area contributed by atoms with Crippen molar-refractivity contribution in [3.63, 3.8) is 0 Å². The zero-order valence-corrected chi connectivity index (χ0v) is 16.5. The number of amides is 2. The molecule has 1 aromatic rings. The Hall–Kier alpha value is -1.99. The number of allylic oxidation sites excluding steroid dienone is 2. The molecule has 1 saturated heterocycles. The smallest absolute Gasteiger partial charge is 0.252 e. The van der Waals surface area contributed by atoms with Crippen molar-refractivity contribution < 1.29 is 26.4 Å². The van der Waals surface area contributed by atoms with E-state index < -0.39 is 58.5 Å². The van der Waals surface area contributed by atoms with Crippen LogP contribution in [0.25, 0.3) is 0 Å². The van der Waals surface area contributed by atoms with Gasteiger partial charge >= 0.3 is 0 Å². The van der Waals surface area contributed by atoms with Crippen LogP contribution < -0.4 is 15.7 Å². The van der Waals surface area contributed by atoms with E-state index in [1.54, 1.807) is 0 Å². The molecule has 0 spiro atoms. The van der Waals surface area contributed by atoms with Crippen LogP contribution >= 0.6 is 11.6 Å². The minimum absolute atomic E-state index is 0.0377. The van der Waals surface area contributed by atoms with Crippen molar-refractivity contribution >= 4 is 49.1 Å². The molecule has 1 saturated carbocycles. The highest BCUT2D eigenvalue weighted by atomic mass is 35.5. The number of carbonyl (C=O) groups is 2. The molecule has 4 rings (SSSR count). The SMILES string of the molecule is NS(=O)(=O)c1cc(S(N)(=O)=O)c(NN2C(=O)[C@@H]3[C@H](C2=O)[C@@H]2C=C[C@H]3C2)cc1Cl. The van der Waals surface area contributed by atoms with E-state index in [2.05, 4.69) is 5.43 Å². The van der Waals surface area contributed by atoms with Gasteiger partial charge in [-0.2, -0.15) is 5.01 Å². The Morgan fingerprint density at radius 2 is 1.43 bits per heavy atom. The standard InChI is InChI=1S/C15H15ClN4O6S2/c16-8-4-9(11(28(18,25)26)5-10(8)27(17,23)24)19-20-14(21)12-6-1-2-7(3-6)13(12)15(20)22/h1-2,4-7,12-13,19H,3H2,(H2,17,23,24)(H2,18,25,26)/t6-,7+,12-,13+. The van der Waals surface area contributed by atoms with Gasteiger partial charge in [-0.1, -0.05) is 23.8 Å². The average Bonchev–Trinajstić information content (AvgIpc) is 3.22. The number of nitrogens with two attached hydrogens (primary N) is 2. The van der Waals surface area contributed by atoms with Gasteiger partial charge in [-0.25, -0.2) is 27.1 Å². The molecule has 5 N–H and O–H groups in total. The van der Waals surface area contributed by atoms with Gasteiger partial charge in [0.05, 0.1) is 22.5 Å². The molecule has 28 heavy (non-hydrogen) atoms. The number of benzene rings is 1. The fourth-order valence-electron chi connectivity index (χ4n) is 4.21. The number of primary sulfonamides is 2. The summed E-state index contributed by atoms with van der Waals surface area (Å²) in [6, 6.07) is 1.63. The van der Waals surface area contributed by atoms with E-state index in [4.69, 9.17) is 21.9 Å². The van der Waals surface area contributed by atoms with Crippen LogP contribution in [0.15, 0.2) is 34.1 Å². The number of anilines is 1. The molecular formula is C15H15ClN4O6S2. The van der Waals surface area contributed by atoms with Gasteiger partial charge in [-0.3, -0.25) is 15.0 Å². The molecule has 2 amide bonds. The number of carbonyl (C=O) groups excluding carboxylic acids is 2. The minimum Gasteiger partial charge on any atom is -0.287 e. The lowest BCUT2D eigenvalue weighted by atomic mass is 9.85. The highest BCUT2D eigenvalue weighted by Crippen LogP contribution is 2.52. The second-order valence-electron chi connectivity index (χ2n) is 6.99. The first-order valence-electron chi connectivity index (χ1n) is 8.11. The van der Waals surface area contributed by atoms with Gasteiger partial charge in [0.1, 0.15) is 9.79 Å². The Bertz CT molecular complexity index is 1130. The Labute approximate surface area is 165 Å². The molecule has 0 unspecified atom stereocenters. The van der Waals surface area contributed by atoms with Crippen molar-refractivity contribution in [2.75, 3.05) is 5.43 Å². The molecule has 2 aliphatic carbocycles. The molecule has 150 valence electrons. The zero-order chi connectivity index (χ0) is 20.6. The molecule has 2 bridgehead atoms. The van der Waals surface area contributed by atoms with Crippen LogP contribution in [0.2, 0.25) is 5.02 Å². The first-order chi connectivity index (χ1) is 12.9. The maximum atomic E-state index is 12.7. The van der Waals surface area contributed by atoms with Crippen LogP contribution in [0.5, 0.6) is 0 Å². The van der Waals surface area contributed by atoms with E-state index in [0.717, 1.165) is 17.5 Å². The van der Waals surface area contributed by atoms with E-state index in [9.17, 15) is 26.4 Å². The van der Waals surface area contributed by atoms with Gasteiger partial charge in [0.25, 0.3) is 11.8 Å². The molecule has 1 heterocycles. The summed E-state index contributed by atoms with van der Waals surface area (Å²) in [5, 5.41) is 10.6. The zero-order valence-electron chi connectivity index (χ0n) is 14.1. The number of hydrogen-bond donors (Lipinski definition) is 3. The van der Waals surface area contributed by atoms with Crippen LogP contribution in [0, 0.1) is 23.7 Å². The van der Waals surface area contributed by atoms with Gasteiger partial charge in [-0.05, 0) is 30.4 Å². The molecular weight excluding hydrogens is 432 g/mol. The van der Waals surface area contributed by atoms with Crippen molar-refractivity contribution in [2.24, 2.45) is 33.9 Å². The summed E-state index contributed by atoms with van der Waals surface area (Å²) in [5.74, 6) is -2.06. The fourth-order valence-corrected chi connectivity index (χ4v) is 6.08. The summed E-state index contributed by atoms with van der Waals surface area (Å²) in [6.07, 6.45) is 4.56. The van der Waals surface area contributed by atoms with Gasteiger partial charge < -0.3 is 0 Å². The third kappa shape index (κ3) is 2.83. The number of imide groups is 1. The lowest BCUT2D eigenvalue weighted by Gasteiger charge is -2.21. The van der Waals surface area contributed by atoms with Gasteiger partial charge in [0.2, 0.25) is 20.0 Å². The Balaban J connectivity index is 1.76. The van der Waals surface area contributed by atoms with Crippen LogP contribution in [0.4, 0.5) is 5.69 Å². The second-order valence-corrected chi connectivity index (χ2v) is 10.5. The summed E-state index contributed by atoms with van der Waals surface area (Å²) in [7, 11) is -8.78. The molecule has 2 fully saturated rings. The Kier molecular flexibility index (Phi) is 4.14. The van der Waals surface area contributed by atoms with Gasteiger partial charge in [0.15, 0.2) is 0 Å². The number of nitrogens with zero attached hydrogens (tertiary/aromatic N) is 1. The molecule has 10 nitrogen and oxygen atoms in total. The van der Waals surface area contributed by atoms with Crippen molar-refractivity contribution in [1.82, 2.24) is 5.01 Å². The monoisotopic (exact) mass is 446 g/mol. The Morgan fingerprint density at radius 3 is 1.89 bits per heavy atom. The van der Waals surface area contributed by atoms with E-state index in [0.29, 0.717) is 6.07 Å². The largest absolute Gasteiger partial charge is 0.287 e. The fraction of sp³-hybridized carbons (Fsp3) is 0.333. The van der Waals surface area contributed by atoms with E-state index in [-0.39, 0.29) is 17.5 Å². The van der Waals surface area contributed by atoms with Crippen molar-refractivity contribution in [1.29, 1.82) is 0 Å². The molecule has 1 aromatic carbocycles. The normalized spacial score (nSPS) is 28.9. The predicted molar refractivity (Wildman–Crippen MR) is 97.4 cm³/mol.